The fourth-order valence-electron chi connectivity index (χ4n) is 1.85. The Morgan fingerprint density at radius 1 is 1.19 bits per heavy atom. The molecule has 1 atom stereocenters. The standard InChI is InChI=1S/C15H13ClF2N2O/c1-9(11-4-2-3-5-12(11)16)19-15(21)20-14-7-6-10(17)8-13(14)18/h2-9H,1H3,(H2,19,20,21). The molecule has 1 unspecified atom stereocenters. The van der Waals surface area contributed by atoms with Crippen molar-refractivity contribution >= 4 is 23.3 Å². The molecule has 0 saturated heterocycles. The lowest BCUT2D eigenvalue weighted by Gasteiger charge is -2.16. The number of hydrogen-bond acceptors (Lipinski definition) is 1. The van der Waals surface area contributed by atoms with E-state index in [9.17, 15) is 13.6 Å². The fraction of sp³-hybridized carbons (Fsp3) is 0.133. The minimum absolute atomic E-state index is 0.0970. The van der Waals surface area contributed by atoms with Crippen LogP contribution in [0.15, 0.2) is 42.5 Å². The van der Waals surface area contributed by atoms with Crippen molar-refractivity contribution in [1.29, 1.82) is 0 Å². The van der Waals surface area contributed by atoms with Gasteiger partial charge in [-0.1, -0.05) is 29.8 Å². The van der Waals surface area contributed by atoms with Crippen molar-refractivity contribution in [1.82, 2.24) is 5.32 Å². The summed E-state index contributed by atoms with van der Waals surface area (Å²) in [6.45, 7) is 1.75. The molecule has 0 spiro atoms. The minimum atomic E-state index is -0.837. The Labute approximate surface area is 125 Å². The van der Waals surface area contributed by atoms with Crippen LogP contribution in [0.2, 0.25) is 5.02 Å². The van der Waals surface area contributed by atoms with Gasteiger partial charge in [-0.15, -0.1) is 0 Å². The van der Waals surface area contributed by atoms with Gasteiger partial charge in [-0.2, -0.15) is 0 Å². The zero-order chi connectivity index (χ0) is 15.4. The van der Waals surface area contributed by atoms with Crippen LogP contribution in [0.5, 0.6) is 0 Å². The SMILES string of the molecule is CC(NC(=O)Nc1ccc(F)cc1F)c1ccccc1Cl. The Hall–Kier alpha value is -2.14. The smallest absolute Gasteiger partial charge is 0.319 e. The molecular weight excluding hydrogens is 298 g/mol. The summed E-state index contributed by atoms with van der Waals surface area (Å²) in [6.07, 6.45) is 0. The topological polar surface area (TPSA) is 41.1 Å². The number of benzene rings is 2. The van der Waals surface area contributed by atoms with Gasteiger partial charge >= 0.3 is 6.03 Å². The molecule has 0 aliphatic carbocycles. The highest BCUT2D eigenvalue weighted by molar-refractivity contribution is 6.31. The quantitative estimate of drug-likeness (QED) is 0.861. The number of amides is 2. The van der Waals surface area contributed by atoms with E-state index in [0.717, 1.165) is 17.7 Å². The molecule has 2 aromatic rings. The first kappa shape index (κ1) is 15.3. The van der Waals surface area contributed by atoms with Crippen molar-refractivity contribution in [2.75, 3.05) is 5.32 Å². The van der Waals surface area contributed by atoms with E-state index in [4.69, 9.17) is 11.6 Å². The van der Waals surface area contributed by atoms with Crippen LogP contribution in [0.4, 0.5) is 19.3 Å². The summed E-state index contributed by atoms with van der Waals surface area (Å²) in [5.74, 6) is -1.54. The average molecular weight is 311 g/mol. The van der Waals surface area contributed by atoms with Crippen LogP contribution in [0.1, 0.15) is 18.5 Å². The van der Waals surface area contributed by atoms with Gasteiger partial charge in [0.1, 0.15) is 11.6 Å². The van der Waals surface area contributed by atoms with Crippen molar-refractivity contribution in [2.45, 2.75) is 13.0 Å². The second kappa shape index (κ2) is 6.54. The van der Waals surface area contributed by atoms with Crippen LogP contribution in [0, 0.1) is 11.6 Å². The Morgan fingerprint density at radius 2 is 1.90 bits per heavy atom. The monoisotopic (exact) mass is 310 g/mol. The molecule has 3 nitrogen and oxygen atoms in total. The maximum atomic E-state index is 13.4. The van der Waals surface area contributed by atoms with E-state index in [1.54, 1.807) is 31.2 Å². The van der Waals surface area contributed by atoms with Crippen molar-refractivity contribution in [3.05, 3.63) is 64.7 Å². The Morgan fingerprint density at radius 3 is 2.57 bits per heavy atom. The molecule has 110 valence electrons. The van der Waals surface area contributed by atoms with E-state index in [-0.39, 0.29) is 11.7 Å². The highest BCUT2D eigenvalue weighted by Crippen LogP contribution is 2.22. The first-order valence-corrected chi connectivity index (χ1v) is 6.62. The van der Waals surface area contributed by atoms with Crippen molar-refractivity contribution < 1.29 is 13.6 Å². The molecule has 2 N–H and O–H groups in total. The van der Waals surface area contributed by atoms with Gasteiger partial charge in [-0.05, 0) is 30.7 Å². The van der Waals surface area contributed by atoms with Crippen LogP contribution < -0.4 is 10.6 Å². The molecule has 2 amide bonds. The zero-order valence-corrected chi connectivity index (χ0v) is 11.9. The van der Waals surface area contributed by atoms with E-state index >= 15 is 0 Å². The molecule has 0 bridgehead atoms. The van der Waals surface area contributed by atoms with Crippen LogP contribution in [-0.2, 0) is 0 Å². The van der Waals surface area contributed by atoms with E-state index in [2.05, 4.69) is 10.6 Å². The summed E-state index contributed by atoms with van der Waals surface area (Å²) < 4.78 is 26.2. The van der Waals surface area contributed by atoms with Crippen molar-refractivity contribution in [2.24, 2.45) is 0 Å². The van der Waals surface area contributed by atoms with Crippen molar-refractivity contribution in [3.63, 3.8) is 0 Å². The summed E-state index contributed by atoms with van der Waals surface area (Å²) in [6, 6.07) is 9.05. The summed E-state index contributed by atoms with van der Waals surface area (Å²) in [4.78, 5) is 11.8. The molecule has 0 aromatic heterocycles. The number of urea groups is 1. The third-order valence-corrected chi connectivity index (χ3v) is 3.24. The molecule has 21 heavy (non-hydrogen) atoms. The normalized spacial score (nSPS) is 11.8. The van der Waals surface area contributed by atoms with E-state index in [0.29, 0.717) is 11.1 Å². The maximum Gasteiger partial charge on any atom is 0.319 e. The third-order valence-electron chi connectivity index (χ3n) is 2.90. The van der Waals surface area contributed by atoms with Gasteiger partial charge in [0.25, 0.3) is 0 Å². The fourth-order valence-corrected chi connectivity index (χ4v) is 2.15. The Balaban J connectivity index is 2.03. The molecule has 0 aliphatic heterocycles. The maximum absolute atomic E-state index is 13.4. The van der Waals surface area contributed by atoms with Crippen LogP contribution in [0.3, 0.4) is 0 Å². The zero-order valence-electron chi connectivity index (χ0n) is 11.2. The van der Waals surface area contributed by atoms with Gasteiger partial charge in [-0.25, -0.2) is 13.6 Å². The molecule has 0 fully saturated rings. The number of carbonyl (C=O) groups is 1. The first-order valence-electron chi connectivity index (χ1n) is 6.24. The van der Waals surface area contributed by atoms with E-state index in [1.807, 2.05) is 0 Å². The molecule has 0 radical (unpaired) electrons. The number of carbonyl (C=O) groups excluding carboxylic acids is 1. The second-order valence-electron chi connectivity index (χ2n) is 4.47. The molecule has 2 rings (SSSR count). The van der Waals surface area contributed by atoms with Gasteiger partial charge in [0.15, 0.2) is 0 Å². The van der Waals surface area contributed by atoms with Gasteiger partial charge in [0.05, 0.1) is 11.7 Å². The number of anilines is 1. The highest BCUT2D eigenvalue weighted by Gasteiger charge is 2.13. The molecule has 0 saturated carbocycles. The second-order valence-corrected chi connectivity index (χ2v) is 4.87. The number of hydrogen-bond donors (Lipinski definition) is 2. The van der Waals surface area contributed by atoms with E-state index in [1.165, 1.54) is 0 Å². The summed E-state index contributed by atoms with van der Waals surface area (Å²) in [5, 5.41) is 5.48. The summed E-state index contributed by atoms with van der Waals surface area (Å²) in [5.41, 5.74) is 0.647. The predicted molar refractivity (Wildman–Crippen MR) is 78.4 cm³/mol. The first-order chi connectivity index (χ1) is 9.97. The predicted octanol–water partition coefficient (Wildman–Crippen LogP) is 4.50. The molecule has 6 heteroatoms. The van der Waals surface area contributed by atoms with E-state index < -0.39 is 17.7 Å². The Kier molecular flexibility index (Phi) is 4.75. The van der Waals surface area contributed by atoms with Crippen LogP contribution in [0.25, 0.3) is 0 Å². The molecular formula is C15H13ClF2N2O. The van der Waals surface area contributed by atoms with Crippen LogP contribution >= 0.6 is 11.6 Å². The summed E-state index contributed by atoms with van der Waals surface area (Å²) >= 11 is 6.03. The number of rotatable bonds is 3. The number of halogens is 3. The van der Waals surface area contributed by atoms with Gasteiger partial charge < -0.3 is 10.6 Å². The van der Waals surface area contributed by atoms with Gasteiger partial charge in [0, 0.05) is 11.1 Å². The lowest BCUT2D eigenvalue weighted by Crippen LogP contribution is -2.31. The lowest BCUT2D eigenvalue weighted by molar-refractivity contribution is 0.249. The molecule has 0 heterocycles. The highest BCUT2D eigenvalue weighted by atomic mass is 35.5. The Bertz CT molecular complexity index is 664. The number of nitrogens with one attached hydrogen (secondary N) is 2. The van der Waals surface area contributed by atoms with Crippen molar-refractivity contribution in [3.8, 4) is 0 Å². The van der Waals surface area contributed by atoms with Gasteiger partial charge in [-0.3, -0.25) is 0 Å². The average Bonchev–Trinajstić information content (AvgIpc) is 2.42. The third kappa shape index (κ3) is 3.92. The van der Waals surface area contributed by atoms with Gasteiger partial charge in [0.2, 0.25) is 0 Å². The largest absolute Gasteiger partial charge is 0.331 e. The molecule has 2 aromatic carbocycles. The molecule has 0 aliphatic rings. The lowest BCUT2D eigenvalue weighted by atomic mass is 10.1. The van der Waals surface area contributed by atoms with Crippen LogP contribution in [-0.4, -0.2) is 6.03 Å². The minimum Gasteiger partial charge on any atom is -0.331 e. The summed E-state index contributed by atoms with van der Waals surface area (Å²) in [7, 11) is 0.